The zero-order chi connectivity index (χ0) is 27.1. The molecule has 0 amide bonds. The van der Waals surface area contributed by atoms with Crippen LogP contribution in [-0.2, 0) is 0 Å². The first-order valence-corrected chi connectivity index (χ1v) is 13.7. The molecule has 0 aliphatic carbocycles. The number of para-hydroxylation sites is 3. The second-order valence-electron chi connectivity index (χ2n) is 10.5. The lowest BCUT2D eigenvalue weighted by Crippen LogP contribution is -1.95. The summed E-state index contributed by atoms with van der Waals surface area (Å²) in [5, 5.41) is 16.5. The third-order valence-corrected chi connectivity index (χ3v) is 8.35. The minimum atomic E-state index is 0.681. The number of rotatable bonds is 2. The molecule has 9 rings (SSSR count). The lowest BCUT2D eigenvalue weighted by atomic mass is 10.1. The normalized spacial score (nSPS) is 11.9. The summed E-state index contributed by atoms with van der Waals surface area (Å²) in [5.74, 6) is 0. The molecule has 0 saturated carbocycles. The molecule has 0 bridgehead atoms. The molecule has 4 nitrogen and oxygen atoms in total. The summed E-state index contributed by atoms with van der Waals surface area (Å²) in [6, 6.07) is 46.5. The largest absolute Gasteiger partial charge is 0.456 e. The van der Waals surface area contributed by atoms with E-state index in [9.17, 15) is 5.26 Å². The van der Waals surface area contributed by atoms with Crippen molar-refractivity contribution < 1.29 is 4.42 Å². The van der Waals surface area contributed by atoms with Crippen LogP contribution in [0.5, 0.6) is 0 Å². The van der Waals surface area contributed by atoms with Gasteiger partial charge in [0, 0.05) is 32.6 Å². The maximum atomic E-state index is 9.90. The van der Waals surface area contributed by atoms with Gasteiger partial charge in [0.1, 0.15) is 11.2 Å². The molecule has 0 saturated heterocycles. The molecule has 0 aliphatic heterocycles. The van der Waals surface area contributed by atoms with Crippen LogP contribution in [0, 0.1) is 11.3 Å². The Morgan fingerprint density at radius 2 is 1.12 bits per heavy atom. The zero-order valence-corrected chi connectivity index (χ0v) is 21.9. The molecule has 3 heterocycles. The Morgan fingerprint density at radius 3 is 1.85 bits per heavy atom. The fourth-order valence-corrected chi connectivity index (χ4v) is 6.69. The third kappa shape index (κ3) is 2.92. The van der Waals surface area contributed by atoms with E-state index in [1.807, 2.05) is 24.3 Å². The summed E-state index contributed by atoms with van der Waals surface area (Å²) < 4.78 is 11.0. The van der Waals surface area contributed by atoms with Gasteiger partial charge in [-0.1, -0.05) is 66.7 Å². The van der Waals surface area contributed by atoms with Crippen molar-refractivity contribution >= 4 is 65.6 Å². The molecule has 0 aliphatic rings. The molecule has 0 atom stereocenters. The Hall–Kier alpha value is -5.79. The lowest BCUT2D eigenvalue weighted by Gasteiger charge is -2.10. The third-order valence-electron chi connectivity index (χ3n) is 8.35. The highest BCUT2D eigenvalue weighted by atomic mass is 16.3. The minimum Gasteiger partial charge on any atom is -0.456 e. The molecule has 0 N–H and O–H groups in total. The standard InChI is InChI=1S/C37H21N3O/c38-22-23-9-7-16-32-36(23)27-12-3-6-15-31(27)39(32)24-19-20-34-28(21-24)37-33(17-8-18-35(37)41-34)40-29-13-4-1-10-25(29)26-11-2-5-14-30(26)40/h1-21H. The monoisotopic (exact) mass is 523 g/mol. The van der Waals surface area contributed by atoms with Gasteiger partial charge in [-0.05, 0) is 60.7 Å². The quantitative estimate of drug-likeness (QED) is 0.226. The summed E-state index contributed by atoms with van der Waals surface area (Å²) >= 11 is 0. The van der Waals surface area contributed by atoms with Crippen molar-refractivity contribution in [1.29, 1.82) is 5.26 Å². The van der Waals surface area contributed by atoms with Gasteiger partial charge in [0.05, 0.1) is 44.8 Å². The molecule has 4 heteroatoms. The summed E-state index contributed by atoms with van der Waals surface area (Å²) in [6.07, 6.45) is 0. The summed E-state index contributed by atoms with van der Waals surface area (Å²) in [5.41, 5.74) is 8.90. The second kappa shape index (κ2) is 8.11. The molecule has 6 aromatic carbocycles. The first kappa shape index (κ1) is 22.1. The van der Waals surface area contributed by atoms with Gasteiger partial charge < -0.3 is 13.6 Å². The van der Waals surface area contributed by atoms with Crippen molar-refractivity contribution in [3.8, 4) is 17.4 Å². The number of hydrogen-bond donors (Lipinski definition) is 0. The van der Waals surface area contributed by atoms with Gasteiger partial charge in [0.25, 0.3) is 0 Å². The fourth-order valence-electron chi connectivity index (χ4n) is 6.69. The Morgan fingerprint density at radius 1 is 0.488 bits per heavy atom. The van der Waals surface area contributed by atoms with E-state index < -0.39 is 0 Å². The molecule has 41 heavy (non-hydrogen) atoms. The van der Waals surface area contributed by atoms with Crippen LogP contribution in [-0.4, -0.2) is 9.13 Å². The Balaban J connectivity index is 1.40. The zero-order valence-electron chi connectivity index (χ0n) is 21.9. The molecule has 0 radical (unpaired) electrons. The van der Waals surface area contributed by atoms with Crippen molar-refractivity contribution in [3.05, 3.63) is 133 Å². The van der Waals surface area contributed by atoms with E-state index in [4.69, 9.17) is 4.42 Å². The van der Waals surface area contributed by atoms with Gasteiger partial charge >= 0.3 is 0 Å². The molecule has 0 fully saturated rings. The predicted molar refractivity (Wildman–Crippen MR) is 167 cm³/mol. The van der Waals surface area contributed by atoms with E-state index in [0.29, 0.717) is 5.56 Å². The van der Waals surface area contributed by atoms with Crippen molar-refractivity contribution in [1.82, 2.24) is 9.13 Å². The van der Waals surface area contributed by atoms with E-state index >= 15 is 0 Å². The van der Waals surface area contributed by atoms with Gasteiger partial charge in [0.2, 0.25) is 0 Å². The summed E-state index contributed by atoms with van der Waals surface area (Å²) in [7, 11) is 0. The second-order valence-corrected chi connectivity index (χ2v) is 10.5. The fraction of sp³-hybridized carbons (Fsp3) is 0. The van der Waals surface area contributed by atoms with Gasteiger partial charge in [-0.15, -0.1) is 0 Å². The summed E-state index contributed by atoms with van der Waals surface area (Å²) in [4.78, 5) is 0. The highest BCUT2D eigenvalue weighted by Gasteiger charge is 2.19. The molecular formula is C37H21N3O. The maximum absolute atomic E-state index is 9.90. The molecular weight excluding hydrogens is 502 g/mol. The van der Waals surface area contributed by atoms with E-state index in [-0.39, 0.29) is 0 Å². The van der Waals surface area contributed by atoms with E-state index in [1.54, 1.807) is 0 Å². The minimum absolute atomic E-state index is 0.681. The van der Waals surface area contributed by atoms with Crippen LogP contribution < -0.4 is 0 Å². The number of nitrogens with zero attached hydrogens (tertiary/aromatic N) is 3. The summed E-state index contributed by atoms with van der Waals surface area (Å²) in [6.45, 7) is 0. The number of fused-ring (bicyclic) bond motifs is 9. The van der Waals surface area contributed by atoms with Crippen LogP contribution in [0.4, 0.5) is 0 Å². The van der Waals surface area contributed by atoms with Gasteiger partial charge in [0.15, 0.2) is 0 Å². The van der Waals surface area contributed by atoms with E-state index in [0.717, 1.165) is 66.2 Å². The van der Waals surface area contributed by atoms with Gasteiger partial charge in [-0.25, -0.2) is 0 Å². The van der Waals surface area contributed by atoms with Crippen LogP contribution in [0.15, 0.2) is 132 Å². The van der Waals surface area contributed by atoms with Crippen LogP contribution in [0.2, 0.25) is 0 Å². The van der Waals surface area contributed by atoms with Crippen molar-refractivity contribution in [2.75, 3.05) is 0 Å². The average molecular weight is 524 g/mol. The smallest absolute Gasteiger partial charge is 0.137 e. The molecule has 9 aromatic rings. The molecule has 0 unspecified atom stereocenters. The average Bonchev–Trinajstić information content (AvgIpc) is 3.68. The van der Waals surface area contributed by atoms with Crippen molar-refractivity contribution in [3.63, 3.8) is 0 Å². The number of furan rings is 1. The predicted octanol–water partition coefficient (Wildman–Crippen LogP) is 9.65. The number of benzene rings is 6. The van der Waals surface area contributed by atoms with E-state index in [2.05, 4.69) is 118 Å². The number of aromatic nitrogens is 2. The van der Waals surface area contributed by atoms with Crippen molar-refractivity contribution in [2.24, 2.45) is 0 Å². The van der Waals surface area contributed by atoms with Gasteiger partial charge in [-0.3, -0.25) is 0 Å². The van der Waals surface area contributed by atoms with Gasteiger partial charge in [-0.2, -0.15) is 5.26 Å². The maximum Gasteiger partial charge on any atom is 0.137 e. The highest BCUT2D eigenvalue weighted by Crippen LogP contribution is 2.40. The molecule has 190 valence electrons. The number of nitriles is 1. The Labute approximate surface area is 234 Å². The molecule has 3 aromatic heterocycles. The SMILES string of the molecule is N#Cc1cccc2c1c1ccccc1n2-c1ccc2oc3cccc(-n4c5ccccc5c5ccccc54)c3c2c1. The van der Waals surface area contributed by atoms with Crippen LogP contribution in [0.25, 0.3) is 76.9 Å². The number of hydrogen-bond acceptors (Lipinski definition) is 2. The highest BCUT2D eigenvalue weighted by molar-refractivity contribution is 6.15. The van der Waals surface area contributed by atoms with Crippen LogP contribution >= 0.6 is 0 Å². The first-order valence-electron chi connectivity index (χ1n) is 13.7. The Bertz CT molecular complexity index is 2500. The topological polar surface area (TPSA) is 46.8 Å². The van der Waals surface area contributed by atoms with Crippen LogP contribution in [0.1, 0.15) is 5.56 Å². The molecule has 0 spiro atoms. The van der Waals surface area contributed by atoms with E-state index in [1.165, 1.54) is 10.8 Å². The lowest BCUT2D eigenvalue weighted by molar-refractivity contribution is 0.669. The van der Waals surface area contributed by atoms with Crippen LogP contribution in [0.3, 0.4) is 0 Å². The Kier molecular flexibility index (Phi) is 4.37. The first-order chi connectivity index (χ1) is 20.3. The van der Waals surface area contributed by atoms with Crippen molar-refractivity contribution in [2.45, 2.75) is 0 Å².